The highest BCUT2D eigenvalue weighted by Gasteiger charge is 2.58. The van der Waals surface area contributed by atoms with Crippen molar-refractivity contribution in [1.29, 1.82) is 0 Å². The Morgan fingerprint density at radius 1 is 1.19 bits per heavy atom. The van der Waals surface area contributed by atoms with Crippen molar-refractivity contribution in [3.63, 3.8) is 0 Å². The lowest BCUT2D eigenvalue weighted by Gasteiger charge is -2.56. The predicted molar refractivity (Wildman–Crippen MR) is 112 cm³/mol. The number of likely N-dealkylation sites (tertiary alicyclic amines) is 2. The second-order valence-corrected chi connectivity index (χ2v) is 9.90. The van der Waals surface area contributed by atoms with Crippen molar-refractivity contribution in [3.8, 4) is 0 Å². The Morgan fingerprint density at radius 3 is 2.44 bits per heavy atom. The zero-order valence-electron chi connectivity index (χ0n) is 18.4. The average molecular weight is 453 g/mol. The number of rotatable bonds is 5. The van der Waals surface area contributed by atoms with E-state index in [2.05, 4.69) is 0 Å². The van der Waals surface area contributed by atoms with E-state index in [1.165, 1.54) is 11.8 Å². The van der Waals surface area contributed by atoms with Crippen LogP contribution < -0.4 is 0 Å². The molecule has 2 saturated heterocycles. The molecule has 0 bridgehead atoms. The summed E-state index contributed by atoms with van der Waals surface area (Å²) in [5, 5.41) is 11.9. The molecule has 3 fully saturated rings. The first-order chi connectivity index (χ1) is 15.0. The maximum absolute atomic E-state index is 12.8. The lowest BCUT2D eigenvalue weighted by Crippen LogP contribution is -2.66. The number of carbonyl (C=O) groups excluding carboxylic acids is 2. The van der Waals surface area contributed by atoms with Crippen molar-refractivity contribution in [2.45, 2.75) is 69.7 Å². The fraction of sp³-hybridized carbons (Fsp3) is 0.667. The Balaban J connectivity index is 1.51. The molecule has 0 radical (unpaired) electrons. The van der Waals surface area contributed by atoms with Crippen LogP contribution in [0.25, 0.3) is 0 Å². The Bertz CT molecular complexity index is 854. The van der Waals surface area contributed by atoms with E-state index >= 15 is 0 Å². The summed E-state index contributed by atoms with van der Waals surface area (Å²) in [5.74, 6) is -1.64. The fourth-order valence-electron chi connectivity index (χ4n) is 5.94. The summed E-state index contributed by atoms with van der Waals surface area (Å²) < 4.78 is 38.4. The van der Waals surface area contributed by atoms with Crippen LogP contribution >= 0.6 is 0 Å². The number of piperidine rings is 1. The number of alkyl halides is 3. The number of hydrogen-bond acceptors (Lipinski definition) is 3. The number of nitrogens with zero attached hydrogens (tertiary/aromatic N) is 2. The molecule has 2 heterocycles. The second-order valence-electron chi connectivity index (χ2n) is 9.90. The Labute approximate surface area is 186 Å². The summed E-state index contributed by atoms with van der Waals surface area (Å²) >= 11 is 0. The van der Waals surface area contributed by atoms with Gasteiger partial charge in [0.15, 0.2) is 0 Å². The second kappa shape index (κ2) is 8.36. The summed E-state index contributed by atoms with van der Waals surface area (Å²) in [6, 6.07) is 9.65. The van der Waals surface area contributed by atoms with Gasteiger partial charge in [0.2, 0.25) is 11.8 Å². The van der Waals surface area contributed by atoms with Gasteiger partial charge in [0, 0.05) is 24.4 Å². The van der Waals surface area contributed by atoms with Crippen LogP contribution in [0.5, 0.6) is 0 Å². The van der Waals surface area contributed by atoms with Crippen LogP contribution in [0.15, 0.2) is 30.3 Å². The molecule has 0 aromatic heterocycles. The highest BCUT2D eigenvalue weighted by molar-refractivity contribution is 5.84. The lowest BCUT2D eigenvalue weighted by atomic mass is 9.65. The number of aliphatic hydroxyl groups is 1. The third-order valence-electron chi connectivity index (χ3n) is 7.79. The molecule has 32 heavy (non-hydrogen) atoms. The summed E-state index contributed by atoms with van der Waals surface area (Å²) in [5.41, 5.74) is -0.711. The maximum atomic E-state index is 12.8. The van der Waals surface area contributed by atoms with Crippen LogP contribution in [0, 0.1) is 11.3 Å². The maximum Gasteiger partial charge on any atom is 0.389 e. The van der Waals surface area contributed by atoms with Gasteiger partial charge in [0.05, 0.1) is 31.0 Å². The van der Waals surface area contributed by atoms with E-state index < -0.39 is 35.4 Å². The molecule has 1 saturated carbocycles. The van der Waals surface area contributed by atoms with Gasteiger partial charge in [-0.25, -0.2) is 0 Å². The quantitative estimate of drug-likeness (QED) is 0.685. The molecule has 2 amide bonds. The first kappa shape index (κ1) is 23.1. The first-order valence-electron chi connectivity index (χ1n) is 11.5. The largest absolute Gasteiger partial charge is 0.389 e. The van der Waals surface area contributed by atoms with E-state index in [-0.39, 0.29) is 38.0 Å². The van der Waals surface area contributed by atoms with Gasteiger partial charge in [0.1, 0.15) is 0 Å². The van der Waals surface area contributed by atoms with Gasteiger partial charge in [-0.05, 0) is 24.8 Å². The van der Waals surface area contributed by atoms with Crippen LogP contribution in [-0.2, 0) is 9.59 Å². The molecule has 3 atom stereocenters. The van der Waals surface area contributed by atoms with E-state index in [4.69, 9.17) is 0 Å². The summed E-state index contributed by atoms with van der Waals surface area (Å²) in [6.45, 7) is 1.98. The number of halogens is 3. The predicted octanol–water partition coefficient (Wildman–Crippen LogP) is 4.07. The van der Waals surface area contributed by atoms with Crippen LogP contribution in [0.3, 0.4) is 0 Å². The molecule has 5 nitrogen and oxygen atoms in total. The van der Waals surface area contributed by atoms with Gasteiger partial charge in [-0.15, -0.1) is 0 Å². The van der Waals surface area contributed by atoms with Gasteiger partial charge in [-0.2, -0.15) is 13.2 Å². The van der Waals surface area contributed by atoms with E-state index in [0.29, 0.717) is 19.3 Å². The molecule has 1 aromatic rings. The molecule has 8 heteroatoms. The van der Waals surface area contributed by atoms with Gasteiger partial charge in [-0.3, -0.25) is 9.59 Å². The zero-order chi connectivity index (χ0) is 23.1. The SMILES string of the molecule is CC(CC(F)(F)F)C(=O)N1CCC(O)(CN2C(=O)CC2c2ccccc2)C2(CCCC2)C1. The molecule has 176 valence electrons. The Kier molecular flexibility index (Phi) is 6.03. The topological polar surface area (TPSA) is 60.9 Å². The third kappa shape index (κ3) is 4.26. The molecular weight excluding hydrogens is 421 g/mol. The normalized spacial score (nSPS) is 28.7. The first-order valence-corrected chi connectivity index (χ1v) is 11.5. The molecule has 3 unspecified atom stereocenters. The van der Waals surface area contributed by atoms with Crippen LogP contribution in [0.2, 0.25) is 0 Å². The van der Waals surface area contributed by atoms with Gasteiger partial charge >= 0.3 is 6.18 Å². The summed E-state index contributed by atoms with van der Waals surface area (Å²) in [4.78, 5) is 28.5. The minimum atomic E-state index is -4.39. The number of benzene rings is 1. The highest BCUT2D eigenvalue weighted by Crippen LogP contribution is 2.53. The molecular formula is C24H31F3N2O3. The molecule has 2 aliphatic heterocycles. The van der Waals surface area contributed by atoms with Gasteiger partial charge in [0.25, 0.3) is 0 Å². The van der Waals surface area contributed by atoms with Crippen molar-refractivity contribution in [2.24, 2.45) is 11.3 Å². The number of hydrogen-bond donors (Lipinski definition) is 1. The fourth-order valence-corrected chi connectivity index (χ4v) is 5.94. The summed E-state index contributed by atoms with van der Waals surface area (Å²) in [7, 11) is 0. The van der Waals surface area contributed by atoms with Crippen LogP contribution in [0.1, 0.15) is 63.5 Å². The van der Waals surface area contributed by atoms with Crippen molar-refractivity contribution < 1.29 is 27.9 Å². The summed E-state index contributed by atoms with van der Waals surface area (Å²) in [6.07, 6.45) is -1.63. The van der Waals surface area contributed by atoms with E-state index in [1.807, 2.05) is 30.3 Å². The third-order valence-corrected chi connectivity index (χ3v) is 7.79. The smallest absolute Gasteiger partial charge is 0.387 e. The molecule has 4 rings (SSSR count). The lowest BCUT2D eigenvalue weighted by molar-refractivity contribution is -0.183. The van der Waals surface area contributed by atoms with E-state index in [1.54, 1.807) is 4.90 Å². The zero-order valence-corrected chi connectivity index (χ0v) is 18.4. The molecule has 1 aromatic carbocycles. The molecule has 1 aliphatic carbocycles. The number of amides is 2. The minimum Gasteiger partial charge on any atom is -0.387 e. The van der Waals surface area contributed by atoms with E-state index in [0.717, 1.165) is 18.4 Å². The average Bonchev–Trinajstić information content (AvgIpc) is 3.21. The molecule has 1 N–H and O–H groups in total. The Morgan fingerprint density at radius 2 is 1.84 bits per heavy atom. The molecule has 3 aliphatic rings. The van der Waals surface area contributed by atoms with Crippen molar-refractivity contribution >= 4 is 11.8 Å². The monoisotopic (exact) mass is 452 g/mol. The van der Waals surface area contributed by atoms with Crippen molar-refractivity contribution in [2.75, 3.05) is 19.6 Å². The highest BCUT2D eigenvalue weighted by atomic mass is 19.4. The van der Waals surface area contributed by atoms with Crippen molar-refractivity contribution in [3.05, 3.63) is 35.9 Å². The number of β-amino-alcohol motifs (C(OH)–C–C–N with tert-alkyl or cyclic N) is 1. The minimum absolute atomic E-state index is 0.00210. The van der Waals surface area contributed by atoms with E-state index in [9.17, 15) is 27.9 Å². The molecule has 1 spiro atoms. The van der Waals surface area contributed by atoms with Gasteiger partial charge in [-0.1, -0.05) is 50.1 Å². The van der Waals surface area contributed by atoms with Gasteiger partial charge < -0.3 is 14.9 Å². The van der Waals surface area contributed by atoms with Crippen LogP contribution in [-0.4, -0.2) is 58.1 Å². The van der Waals surface area contributed by atoms with Crippen LogP contribution in [0.4, 0.5) is 13.2 Å². The number of carbonyl (C=O) groups is 2. The Hall–Kier alpha value is -2.09. The van der Waals surface area contributed by atoms with Crippen molar-refractivity contribution in [1.82, 2.24) is 9.80 Å². The number of β-lactam (4-membered cyclic amide) rings is 1. The standard InChI is InChI=1S/C24H31F3N2O3/c1-17(14-24(25,26)27)21(31)28-12-11-23(32,22(15-28)9-5-6-10-22)16-29-19(13-20(29)30)18-7-3-2-4-8-18/h2-4,7-8,17,19,32H,5-6,9-16H2,1H3.